The van der Waals surface area contributed by atoms with E-state index in [1.54, 1.807) is 0 Å². The monoisotopic (exact) mass is 282 g/mol. The van der Waals surface area contributed by atoms with Crippen LogP contribution in [0, 0.1) is 5.41 Å². The SMILES string of the molecule is C[C@H](NC(CC(C)(C)C)c1ccccc1)c1ccncc1. The second-order valence-electron chi connectivity index (χ2n) is 6.90. The van der Waals surface area contributed by atoms with Gasteiger partial charge in [0.2, 0.25) is 0 Å². The van der Waals surface area contributed by atoms with Crippen molar-refractivity contribution in [3.8, 4) is 0 Å². The first-order valence-corrected chi connectivity index (χ1v) is 7.66. The summed E-state index contributed by atoms with van der Waals surface area (Å²) in [4.78, 5) is 4.10. The van der Waals surface area contributed by atoms with E-state index in [1.807, 2.05) is 12.4 Å². The van der Waals surface area contributed by atoms with Gasteiger partial charge in [-0.25, -0.2) is 0 Å². The molecule has 2 heteroatoms. The van der Waals surface area contributed by atoms with Crippen LogP contribution in [-0.4, -0.2) is 4.98 Å². The quantitative estimate of drug-likeness (QED) is 0.843. The molecule has 2 aromatic rings. The van der Waals surface area contributed by atoms with Gasteiger partial charge in [-0.1, -0.05) is 51.1 Å². The predicted octanol–water partition coefficient (Wildman–Crippen LogP) is 4.91. The Kier molecular flexibility index (Phi) is 5.13. The minimum absolute atomic E-state index is 0.283. The first-order valence-electron chi connectivity index (χ1n) is 7.66. The summed E-state index contributed by atoms with van der Waals surface area (Å²) in [7, 11) is 0. The molecule has 2 nitrogen and oxygen atoms in total. The molecule has 1 heterocycles. The maximum atomic E-state index is 4.10. The van der Waals surface area contributed by atoms with E-state index in [9.17, 15) is 0 Å². The van der Waals surface area contributed by atoms with Crippen LogP contribution in [0.25, 0.3) is 0 Å². The Hall–Kier alpha value is -1.67. The molecule has 0 aliphatic heterocycles. The zero-order valence-electron chi connectivity index (χ0n) is 13.5. The van der Waals surface area contributed by atoms with Crippen LogP contribution in [0.2, 0.25) is 0 Å². The molecule has 1 unspecified atom stereocenters. The van der Waals surface area contributed by atoms with Crippen LogP contribution in [0.4, 0.5) is 0 Å². The second-order valence-corrected chi connectivity index (χ2v) is 6.90. The average molecular weight is 282 g/mol. The van der Waals surface area contributed by atoms with Gasteiger partial charge in [0, 0.05) is 24.5 Å². The molecule has 0 aliphatic rings. The van der Waals surface area contributed by atoms with Gasteiger partial charge >= 0.3 is 0 Å². The van der Waals surface area contributed by atoms with E-state index in [2.05, 4.69) is 80.5 Å². The molecule has 1 aromatic heterocycles. The summed E-state index contributed by atoms with van der Waals surface area (Å²) >= 11 is 0. The number of benzene rings is 1. The van der Waals surface area contributed by atoms with Gasteiger partial charge in [-0.15, -0.1) is 0 Å². The van der Waals surface area contributed by atoms with E-state index in [-0.39, 0.29) is 5.41 Å². The first-order chi connectivity index (χ1) is 9.96. The number of hydrogen-bond acceptors (Lipinski definition) is 2. The highest BCUT2D eigenvalue weighted by Crippen LogP contribution is 2.31. The largest absolute Gasteiger partial charge is 0.303 e. The van der Waals surface area contributed by atoms with Gasteiger partial charge in [-0.2, -0.15) is 0 Å². The third-order valence-corrected chi connectivity index (χ3v) is 3.68. The molecular formula is C19H26N2. The normalized spacial score (nSPS) is 14.7. The number of rotatable bonds is 5. The van der Waals surface area contributed by atoms with Crippen molar-refractivity contribution in [2.24, 2.45) is 5.41 Å². The van der Waals surface area contributed by atoms with E-state index >= 15 is 0 Å². The minimum atomic E-state index is 0.283. The molecule has 2 rings (SSSR count). The van der Waals surface area contributed by atoms with E-state index in [1.165, 1.54) is 11.1 Å². The van der Waals surface area contributed by atoms with E-state index in [4.69, 9.17) is 0 Å². The van der Waals surface area contributed by atoms with Crippen LogP contribution in [0.3, 0.4) is 0 Å². The summed E-state index contributed by atoms with van der Waals surface area (Å²) in [5, 5.41) is 3.78. The lowest BCUT2D eigenvalue weighted by Gasteiger charge is -2.30. The van der Waals surface area contributed by atoms with Crippen LogP contribution in [0.1, 0.15) is 57.3 Å². The van der Waals surface area contributed by atoms with Gasteiger partial charge in [0.25, 0.3) is 0 Å². The fourth-order valence-electron chi connectivity index (χ4n) is 2.62. The van der Waals surface area contributed by atoms with Gasteiger partial charge in [0.1, 0.15) is 0 Å². The number of aromatic nitrogens is 1. The maximum Gasteiger partial charge on any atom is 0.0330 e. The Balaban J connectivity index is 2.16. The van der Waals surface area contributed by atoms with Crippen molar-refractivity contribution in [1.82, 2.24) is 10.3 Å². The van der Waals surface area contributed by atoms with Crippen molar-refractivity contribution >= 4 is 0 Å². The summed E-state index contributed by atoms with van der Waals surface area (Å²) in [6, 6.07) is 15.5. The van der Waals surface area contributed by atoms with Gasteiger partial charge in [-0.3, -0.25) is 4.98 Å². The van der Waals surface area contributed by atoms with Gasteiger partial charge in [0.05, 0.1) is 0 Å². The van der Waals surface area contributed by atoms with Crippen molar-refractivity contribution in [3.05, 3.63) is 66.0 Å². The highest BCUT2D eigenvalue weighted by atomic mass is 14.9. The number of nitrogens with zero attached hydrogens (tertiary/aromatic N) is 1. The summed E-state index contributed by atoms with van der Waals surface area (Å²) in [6.45, 7) is 9.10. The minimum Gasteiger partial charge on any atom is -0.303 e. The zero-order valence-corrected chi connectivity index (χ0v) is 13.5. The first kappa shape index (κ1) is 15.7. The predicted molar refractivity (Wildman–Crippen MR) is 89.0 cm³/mol. The Morgan fingerprint density at radius 2 is 1.57 bits per heavy atom. The lowest BCUT2D eigenvalue weighted by atomic mass is 9.85. The van der Waals surface area contributed by atoms with E-state index in [0.717, 1.165) is 6.42 Å². The molecule has 0 saturated carbocycles. The smallest absolute Gasteiger partial charge is 0.0330 e. The Bertz CT molecular complexity index is 528. The third kappa shape index (κ3) is 4.98. The van der Waals surface area contributed by atoms with Crippen molar-refractivity contribution < 1.29 is 0 Å². The van der Waals surface area contributed by atoms with Crippen LogP contribution >= 0.6 is 0 Å². The Labute approximate surface area is 128 Å². The second kappa shape index (κ2) is 6.86. The Morgan fingerprint density at radius 1 is 0.952 bits per heavy atom. The Morgan fingerprint density at radius 3 is 2.14 bits per heavy atom. The van der Waals surface area contributed by atoms with Crippen molar-refractivity contribution in [3.63, 3.8) is 0 Å². The fourth-order valence-corrected chi connectivity index (χ4v) is 2.62. The summed E-state index contributed by atoms with van der Waals surface area (Å²) < 4.78 is 0. The standard InChI is InChI=1S/C19H26N2/c1-15(16-10-12-20-13-11-16)21-18(14-19(2,3)4)17-8-6-5-7-9-17/h5-13,15,18,21H,14H2,1-4H3/t15-,18?/m0/s1. The molecule has 1 aromatic carbocycles. The number of pyridine rings is 1. The van der Waals surface area contributed by atoms with Crippen LogP contribution in [0.15, 0.2) is 54.9 Å². The molecule has 0 bridgehead atoms. The molecule has 0 saturated heterocycles. The van der Waals surface area contributed by atoms with Gasteiger partial charge in [0.15, 0.2) is 0 Å². The zero-order chi connectivity index (χ0) is 15.3. The van der Waals surface area contributed by atoms with Crippen molar-refractivity contribution in [2.75, 3.05) is 0 Å². The number of hydrogen-bond donors (Lipinski definition) is 1. The lowest BCUT2D eigenvalue weighted by Crippen LogP contribution is -2.28. The maximum absolute atomic E-state index is 4.10. The average Bonchev–Trinajstić information content (AvgIpc) is 2.47. The molecule has 2 atom stereocenters. The van der Waals surface area contributed by atoms with E-state index < -0.39 is 0 Å². The third-order valence-electron chi connectivity index (χ3n) is 3.68. The molecule has 112 valence electrons. The highest BCUT2D eigenvalue weighted by Gasteiger charge is 2.21. The molecule has 0 fully saturated rings. The van der Waals surface area contributed by atoms with Crippen molar-refractivity contribution in [1.29, 1.82) is 0 Å². The topological polar surface area (TPSA) is 24.9 Å². The summed E-state index contributed by atoms with van der Waals surface area (Å²) in [6.07, 6.45) is 4.82. The molecule has 0 radical (unpaired) electrons. The molecular weight excluding hydrogens is 256 g/mol. The van der Waals surface area contributed by atoms with E-state index in [0.29, 0.717) is 12.1 Å². The van der Waals surface area contributed by atoms with Crippen LogP contribution < -0.4 is 5.32 Å². The number of nitrogens with one attached hydrogen (secondary N) is 1. The van der Waals surface area contributed by atoms with Crippen LogP contribution in [-0.2, 0) is 0 Å². The lowest BCUT2D eigenvalue weighted by molar-refractivity contribution is 0.297. The fraction of sp³-hybridized carbons (Fsp3) is 0.421. The molecule has 21 heavy (non-hydrogen) atoms. The highest BCUT2D eigenvalue weighted by molar-refractivity contribution is 5.21. The summed E-state index contributed by atoms with van der Waals surface area (Å²) in [5.74, 6) is 0. The molecule has 0 amide bonds. The molecule has 0 spiro atoms. The van der Waals surface area contributed by atoms with Crippen LogP contribution in [0.5, 0.6) is 0 Å². The van der Waals surface area contributed by atoms with Gasteiger partial charge < -0.3 is 5.32 Å². The molecule has 0 aliphatic carbocycles. The molecule has 1 N–H and O–H groups in total. The summed E-state index contributed by atoms with van der Waals surface area (Å²) in [5.41, 5.74) is 2.92. The van der Waals surface area contributed by atoms with Crippen molar-refractivity contribution in [2.45, 2.75) is 46.2 Å². The van der Waals surface area contributed by atoms with Gasteiger partial charge in [-0.05, 0) is 42.0 Å².